The maximum atomic E-state index is 12.8. The average molecular weight is 334 g/mol. The number of methoxy groups -OCH3 is 2. The zero-order valence-corrected chi connectivity index (χ0v) is 14.1. The zero-order chi connectivity index (χ0) is 17.7. The monoisotopic (exact) mass is 334 g/mol. The molecule has 0 spiro atoms. The fraction of sp³-hybridized carbons (Fsp3) is 0.412. The topological polar surface area (TPSA) is 79.3 Å². The van der Waals surface area contributed by atoms with Crippen LogP contribution in [-0.4, -0.2) is 74.3 Å². The smallest absolute Gasteiger partial charge is 0.277 e. The maximum Gasteiger partial charge on any atom is 0.277 e. The Morgan fingerprint density at radius 3 is 2.33 bits per heavy atom. The molecule has 0 radical (unpaired) electrons. The molecule has 1 aliphatic rings. The lowest BCUT2D eigenvalue weighted by molar-refractivity contribution is -0.138. The molecular formula is C17H22N2O5. The van der Waals surface area contributed by atoms with Gasteiger partial charge in [-0.15, -0.1) is 0 Å². The first-order valence-corrected chi connectivity index (χ1v) is 7.61. The van der Waals surface area contributed by atoms with Crippen LogP contribution in [0.25, 0.3) is 5.57 Å². The van der Waals surface area contributed by atoms with Crippen molar-refractivity contribution in [1.82, 2.24) is 9.80 Å². The molecule has 1 aromatic rings. The zero-order valence-electron chi connectivity index (χ0n) is 14.1. The Kier molecular flexibility index (Phi) is 5.94. The number of amides is 2. The van der Waals surface area contributed by atoms with E-state index in [1.807, 2.05) is 0 Å². The molecular weight excluding hydrogens is 312 g/mol. The van der Waals surface area contributed by atoms with Crippen LogP contribution >= 0.6 is 0 Å². The van der Waals surface area contributed by atoms with Gasteiger partial charge < -0.3 is 19.5 Å². The summed E-state index contributed by atoms with van der Waals surface area (Å²) in [5.74, 6) is -0.0709. The van der Waals surface area contributed by atoms with Crippen molar-refractivity contribution in [2.45, 2.75) is 0 Å². The van der Waals surface area contributed by atoms with Crippen LogP contribution in [0.2, 0.25) is 0 Å². The molecule has 0 bridgehead atoms. The van der Waals surface area contributed by atoms with Crippen LogP contribution < -0.4 is 4.74 Å². The van der Waals surface area contributed by atoms with Crippen molar-refractivity contribution in [3.63, 3.8) is 0 Å². The van der Waals surface area contributed by atoms with Gasteiger partial charge in [-0.05, 0) is 17.7 Å². The highest BCUT2D eigenvalue weighted by molar-refractivity contribution is 6.35. The molecule has 24 heavy (non-hydrogen) atoms. The third kappa shape index (κ3) is 3.42. The van der Waals surface area contributed by atoms with Crippen LogP contribution in [0.15, 0.2) is 30.0 Å². The molecule has 0 aromatic heterocycles. The third-order valence-electron chi connectivity index (χ3n) is 3.86. The normalized spacial score (nSPS) is 14.6. The molecule has 7 heteroatoms. The van der Waals surface area contributed by atoms with Crippen molar-refractivity contribution >= 4 is 17.4 Å². The Morgan fingerprint density at radius 2 is 1.79 bits per heavy atom. The van der Waals surface area contributed by atoms with E-state index >= 15 is 0 Å². The van der Waals surface area contributed by atoms with Crippen molar-refractivity contribution in [2.24, 2.45) is 0 Å². The molecule has 0 fully saturated rings. The van der Waals surface area contributed by atoms with Gasteiger partial charge in [-0.1, -0.05) is 12.1 Å². The minimum Gasteiger partial charge on any atom is -0.497 e. The molecule has 130 valence electrons. The van der Waals surface area contributed by atoms with Crippen LogP contribution in [-0.2, 0) is 14.3 Å². The fourth-order valence-electron chi connectivity index (χ4n) is 2.58. The van der Waals surface area contributed by atoms with Gasteiger partial charge in [0.25, 0.3) is 11.8 Å². The highest BCUT2D eigenvalue weighted by Crippen LogP contribution is 2.31. The van der Waals surface area contributed by atoms with E-state index in [0.29, 0.717) is 16.9 Å². The Labute approximate surface area is 141 Å². The number of aliphatic hydroxyl groups is 1. The standard InChI is InChI=1S/C17H22N2O5/c1-18(8-10-20)15-14(12-4-6-13(24-3)7-5-12)16(21)19(17(15)22)9-11-23-2/h4-7,20H,8-11H2,1-3H3. The van der Waals surface area contributed by atoms with Gasteiger partial charge in [0.1, 0.15) is 11.4 Å². The first kappa shape index (κ1) is 18.0. The van der Waals surface area contributed by atoms with Crippen LogP contribution in [0.1, 0.15) is 5.56 Å². The van der Waals surface area contributed by atoms with Crippen molar-refractivity contribution in [1.29, 1.82) is 0 Å². The quantitative estimate of drug-likeness (QED) is 0.691. The minimum absolute atomic E-state index is 0.116. The van der Waals surface area contributed by atoms with E-state index in [1.165, 1.54) is 12.0 Å². The highest BCUT2D eigenvalue weighted by Gasteiger charge is 2.40. The van der Waals surface area contributed by atoms with Crippen LogP contribution in [0, 0.1) is 0 Å². The number of imide groups is 1. The molecule has 1 aromatic carbocycles. The van der Waals surface area contributed by atoms with Gasteiger partial charge in [-0.25, -0.2) is 0 Å². The Balaban J connectivity index is 2.45. The molecule has 0 unspecified atom stereocenters. The SMILES string of the molecule is COCCN1C(=O)C(c2ccc(OC)cc2)=C(N(C)CCO)C1=O. The number of likely N-dealkylation sites (N-methyl/N-ethyl adjacent to an activating group) is 1. The van der Waals surface area contributed by atoms with Crippen molar-refractivity contribution < 1.29 is 24.2 Å². The molecule has 7 nitrogen and oxygen atoms in total. The van der Waals surface area contributed by atoms with Gasteiger partial charge in [0.2, 0.25) is 0 Å². The van der Waals surface area contributed by atoms with Crippen LogP contribution in [0.4, 0.5) is 0 Å². The Morgan fingerprint density at radius 1 is 1.12 bits per heavy atom. The second kappa shape index (κ2) is 7.94. The number of hydrogen-bond acceptors (Lipinski definition) is 6. The molecule has 1 N–H and O–H groups in total. The molecule has 0 saturated heterocycles. The van der Waals surface area contributed by atoms with Gasteiger partial charge in [0, 0.05) is 20.7 Å². The van der Waals surface area contributed by atoms with E-state index < -0.39 is 0 Å². The number of ether oxygens (including phenoxy) is 2. The Bertz CT molecular complexity index is 639. The van der Waals surface area contributed by atoms with Crippen molar-refractivity contribution in [2.75, 3.05) is 47.6 Å². The third-order valence-corrected chi connectivity index (χ3v) is 3.86. The van der Waals surface area contributed by atoms with E-state index in [4.69, 9.17) is 9.47 Å². The van der Waals surface area contributed by atoms with E-state index in [9.17, 15) is 14.7 Å². The fourth-order valence-corrected chi connectivity index (χ4v) is 2.58. The predicted octanol–water partition coefficient (Wildman–Crippen LogP) is 0.346. The van der Waals surface area contributed by atoms with Gasteiger partial charge >= 0.3 is 0 Å². The first-order valence-electron chi connectivity index (χ1n) is 7.61. The largest absolute Gasteiger partial charge is 0.497 e. The number of rotatable bonds is 8. The number of carbonyl (C=O) groups is 2. The second-order valence-corrected chi connectivity index (χ2v) is 5.35. The van der Waals surface area contributed by atoms with Crippen molar-refractivity contribution in [3.8, 4) is 5.75 Å². The summed E-state index contributed by atoms with van der Waals surface area (Å²) in [4.78, 5) is 28.2. The Hall–Kier alpha value is -2.38. The van der Waals surface area contributed by atoms with Gasteiger partial charge in [0.05, 0.1) is 32.4 Å². The minimum atomic E-state index is -0.376. The molecule has 1 heterocycles. The average Bonchev–Trinajstić information content (AvgIpc) is 2.84. The number of benzene rings is 1. The summed E-state index contributed by atoms with van der Waals surface area (Å²) in [6.07, 6.45) is 0. The summed E-state index contributed by atoms with van der Waals surface area (Å²) < 4.78 is 10.1. The van der Waals surface area contributed by atoms with Crippen molar-refractivity contribution in [3.05, 3.63) is 35.5 Å². The van der Waals surface area contributed by atoms with E-state index in [2.05, 4.69) is 0 Å². The summed E-state index contributed by atoms with van der Waals surface area (Å²) in [6, 6.07) is 6.96. The molecule has 2 amide bonds. The molecule has 1 aliphatic heterocycles. The number of carbonyl (C=O) groups excluding carboxylic acids is 2. The van der Waals surface area contributed by atoms with Gasteiger partial charge in [-0.2, -0.15) is 0 Å². The molecule has 0 aliphatic carbocycles. The predicted molar refractivity (Wildman–Crippen MR) is 88.2 cm³/mol. The molecule has 2 rings (SSSR count). The summed E-state index contributed by atoms with van der Waals surface area (Å²) in [6.45, 7) is 0.593. The first-order chi connectivity index (χ1) is 11.5. The lowest BCUT2D eigenvalue weighted by Crippen LogP contribution is -2.37. The lowest BCUT2D eigenvalue weighted by atomic mass is 10.0. The summed E-state index contributed by atoms with van der Waals surface area (Å²) in [7, 11) is 4.76. The number of aliphatic hydroxyl groups excluding tert-OH is 1. The highest BCUT2D eigenvalue weighted by atomic mass is 16.5. The van der Waals surface area contributed by atoms with Gasteiger partial charge in [0.15, 0.2) is 0 Å². The lowest BCUT2D eigenvalue weighted by Gasteiger charge is -2.20. The summed E-state index contributed by atoms with van der Waals surface area (Å²) in [5.41, 5.74) is 1.25. The maximum absolute atomic E-state index is 12.8. The van der Waals surface area contributed by atoms with E-state index in [-0.39, 0.29) is 43.8 Å². The molecule has 0 atom stereocenters. The second-order valence-electron chi connectivity index (χ2n) is 5.35. The number of hydrogen-bond donors (Lipinski definition) is 1. The van der Waals surface area contributed by atoms with E-state index in [0.717, 1.165) is 0 Å². The number of nitrogens with zero attached hydrogens (tertiary/aromatic N) is 2. The van der Waals surface area contributed by atoms with E-state index in [1.54, 1.807) is 43.3 Å². The summed E-state index contributed by atoms with van der Waals surface area (Å²) in [5, 5.41) is 9.17. The van der Waals surface area contributed by atoms with Gasteiger partial charge in [-0.3, -0.25) is 14.5 Å². The van der Waals surface area contributed by atoms with Crippen LogP contribution in [0.3, 0.4) is 0 Å². The van der Waals surface area contributed by atoms with Crippen LogP contribution in [0.5, 0.6) is 5.75 Å². The molecule has 0 saturated carbocycles. The summed E-state index contributed by atoms with van der Waals surface area (Å²) >= 11 is 0.